The first-order valence-electron chi connectivity index (χ1n) is 7.71. The molecule has 0 atom stereocenters. The summed E-state index contributed by atoms with van der Waals surface area (Å²) >= 11 is 0. The molecule has 0 saturated carbocycles. The van der Waals surface area contributed by atoms with Gasteiger partial charge in [0.15, 0.2) is 0 Å². The van der Waals surface area contributed by atoms with Gasteiger partial charge in [-0.1, -0.05) is 46.8 Å². The second-order valence-corrected chi connectivity index (χ2v) is 6.13. The zero-order valence-corrected chi connectivity index (χ0v) is 13.7. The molecule has 0 heterocycles. The van der Waals surface area contributed by atoms with Crippen LogP contribution in [0.4, 0.5) is 0 Å². The lowest BCUT2D eigenvalue weighted by molar-refractivity contribution is 0.314. The van der Waals surface area contributed by atoms with Gasteiger partial charge in [0.25, 0.3) is 0 Å². The zero-order valence-electron chi connectivity index (χ0n) is 13.7. The Bertz CT molecular complexity index is 469. The van der Waals surface area contributed by atoms with Crippen molar-refractivity contribution in [2.24, 2.45) is 0 Å². The van der Waals surface area contributed by atoms with E-state index in [-0.39, 0.29) is 5.41 Å². The predicted octanol–water partition coefficient (Wildman–Crippen LogP) is 5.12. The summed E-state index contributed by atoms with van der Waals surface area (Å²) in [6.45, 7) is 11.7. The van der Waals surface area contributed by atoms with Crippen molar-refractivity contribution in [3.8, 4) is 17.6 Å². The van der Waals surface area contributed by atoms with E-state index in [4.69, 9.17) is 4.74 Å². The van der Waals surface area contributed by atoms with E-state index in [2.05, 4.69) is 64.7 Å². The fourth-order valence-electron chi connectivity index (χ4n) is 2.00. The van der Waals surface area contributed by atoms with Crippen LogP contribution >= 0.6 is 0 Å². The van der Waals surface area contributed by atoms with Gasteiger partial charge < -0.3 is 4.74 Å². The summed E-state index contributed by atoms with van der Waals surface area (Å²) in [4.78, 5) is 0. The highest BCUT2D eigenvalue weighted by molar-refractivity contribution is 5.40. The van der Waals surface area contributed by atoms with Crippen molar-refractivity contribution < 1.29 is 4.74 Å². The van der Waals surface area contributed by atoms with Crippen LogP contribution in [0.5, 0.6) is 5.75 Å². The third kappa shape index (κ3) is 5.29. The predicted molar refractivity (Wildman–Crippen MR) is 87.3 cm³/mol. The number of ether oxygens (including phenoxy) is 1. The van der Waals surface area contributed by atoms with Crippen molar-refractivity contribution in [3.05, 3.63) is 29.3 Å². The monoisotopic (exact) mass is 272 g/mol. The Morgan fingerprint density at radius 2 is 1.85 bits per heavy atom. The van der Waals surface area contributed by atoms with Gasteiger partial charge in [0.1, 0.15) is 5.75 Å². The molecule has 0 fully saturated rings. The van der Waals surface area contributed by atoms with E-state index in [0.29, 0.717) is 0 Å². The average molecular weight is 272 g/mol. The van der Waals surface area contributed by atoms with E-state index < -0.39 is 0 Å². The molecule has 0 aliphatic carbocycles. The Balaban J connectivity index is 2.93. The average Bonchev–Trinajstić information content (AvgIpc) is 2.41. The van der Waals surface area contributed by atoms with Crippen LogP contribution in [0, 0.1) is 11.8 Å². The van der Waals surface area contributed by atoms with Gasteiger partial charge in [0, 0.05) is 12.8 Å². The first-order chi connectivity index (χ1) is 9.49. The van der Waals surface area contributed by atoms with Crippen LogP contribution in [-0.4, -0.2) is 6.61 Å². The molecule has 1 aromatic carbocycles. The second-order valence-electron chi connectivity index (χ2n) is 6.13. The number of hydrogen-bond donors (Lipinski definition) is 0. The van der Waals surface area contributed by atoms with Crippen LogP contribution < -0.4 is 4.74 Å². The summed E-state index contributed by atoms with van der Waals surface area (Å²) in [5, 5.41) is 0. The fourth-order valence-corrected chi connectivity index (χ4v) is 2.00. The quantitative estimate of drug-likeness (QED) is 0.676. The molecule has 20 heavy (non-hydrogen) atoms. The molecule has 0 bridgehead atoms. The molecule has 1 rings (SSSR count). The van der Waals surface area contributed by atoms with E-state index in [1.54, 1.807) is 0 Å². The Kier molecular flexibility index (Phi) is 6.65. The van der Waals surface area contributed by atoms with E-state index >= 15 is 0 Å². The van der Waals surface area contributed by atoms with Crippen LogP contribution in [-0.2, 0) is 11.8 Å². The lowest BCUT2D eigenvalue weighted by Gasteiger charge is -2.21. The molecular formula is C19H28O. The Morgan fingerprint density at radius 1 is 1.10 bits per heavy atom. The smallest absolute Gasteiger partial charge is 0.122 e. The SMILES string of the molecule is CCC#CCCc1cc(C(C)(C)C)ccc1OCCC. The maximum atomic E-state index is 5.86. The van der Waals surface area contributed by atoms with Crippen LogP contribution in [0.25, 0.3) is 0 Å². The highest BCUT2D eigenvalue weighted by Crippen LogP contribution is 2.29. The summed E-state index contributed by atoms with van der Waals surface area (Å²) in [5.41, 5.74) is 2.82. The molecular weight excluding hydrogens is 244 g/mol. The molecule has 0 radical (unpaired) electrons. The number of hydrogen-bond acceptors (Lipinski definition) is 1. The Hall–Kier alpha value is -1.42. The third-order valence-corrected chi connectivity index (χ3v) is 3.21. The second kappa shape index (κ2) is 8.00. The molecule has 0 unspecified atom stereocenters. The molecule has 0 N–H and O–H groups in total. The highest BCUT2D eigenvalue weighted by Gasteiger charge is 2.15. The lowest BCUT2D eigenvalue weighted by atomic mass is 9.85. The van der Waals surface area contributed by atoms with Crippen molar-refractivity contribution in [2.75, 3.05) is 6.61 Å². The molecule has 0 aromatic heterocycles. The Morgan fingerprint density at radius 3 is 2.45 bits per heavy atom. The third-order valence-electron chi connectivity index (χ3n) is 3.21. The summed E-state index contributed by atoms with van der Waals surface area (Å²) in [6.07, 6.45) is 3.84. The number of benzene rings is 1. The van der Waals surface area contributed by atoms with E-state index in [9.17, 15) is 0 Å². The fraction of sp³-hybridized carbons (Fsp3) is 0.579. The van der Waals surface area contributed by atoms with Crippen LogP contribution in [0.1, 0.15) is 65.0 Å². The maximum absolute atomic E-state index is 5.86. The summed E-state index contributed by atoms with van der Waals surface area (Å²) < 4.78 is 5.86. The van der Waals surface area contributed by atoms with E-state index in [1.165, 1.54) is 11.1 Å². The van der Waals surface area contributed by atoms with Crippen molar-refractivity contribution in [3.63, 3.8) is 0 Å². The first kappa shape index (κ1) is 16.6. The van der Waals surface area contributed by atoms with E-state index in [0.717, 1.165) is 38.0 Å². The minimum atomic E-state index is 0.174. The molecule has 0 amide bonds. The van der Waals surface area contributed by atoms with Gasteiger partial charge >= 0.3 is 0 Å². The van der Waals surface area contributed by atoms with Gasteiger partial charge in [-0.3, -0.25) is 0 Å². The summed E-state index contributed by atoms with van der Waals surface area (Å²) in [5.74, 6) is 7.38. The van der Waals surface area contributed by atoms with Crippen molar-refractivity contribution in [1.82, 2.24) is 0 Å². The van der Waals surface area contributed by atoms with Crippen molar-refractivity contribution >= 4 is 0 Å². The Labute approximate surface area is 124 Å². The minimum absolute atomic E-state index is 0.174. The van der Waals surface area contributed by atoms with Crippen LogP contribution in [0.2, 0.25) is 0 Å². The van der Waals surface area contributed by atoms with Gasteiger partial charge in [-0.05, 0) is 35.4 Å². The topological polar surface area (TPSA) is 9.23 Å². The number of rotatable bonds is 5. The van der Waals surface area contributed by atoms with Gasteiger partial charge in [0.05, 0.1) is 6.61 Å². The van der Waals surface area contributed by atoms with Gasteiger partial charge in [0.2, 0.25) is 0 Å². The van der Waals surface area contributed by atoms with E-state index in [1.807, 2.05) is 0 Å². The minimum Gasteiger partial charge on any atom is -0.493 e. The molecule has 1 nitrogen and oxygen atoms in total. The van der Waals surface area contributed by atoms with Crippen molar-refractivity contribution in [1.29, 1.82) is 0 Å². The first-order valence-corrected chi connectivity index (χ1v) is 7.71. The van der Waals surface area contributed by atoms with Crippen LogP contribution in [0.15, 0.2) is 18.2 Å². The summed E-state index contributed by atoms with van der Waals surface area (Å²) in [6, 6.07) is 6.60. The van der Waals surface area contributed by atoms with Gasteiger partial charge in [-0.15, -0.1) is 11.8 Å². The van der Waals surface area contributed by atoms with Gasteiger partial charge in [-0.2, -0.15) is 0 Å². The van der Waals surface area contributed by atoms with Gasteiger partial charge in [-0.25, -0.2) is 0 Å². The zero-order chi connectivity index (χ0) is 15.0. The van der Waals surface area contributed by atoms with Crippen LogP contribution in [0.3, 0.4) is 0 Å². The normalized spacial score (nSPS) is 10.8. The molecule has 110 valence electrons. The maximum Gasteiger partial charge on any atom is 0.122 e. The molecule has 1 aromatic rings. The molecule has 0 saturated heterocycles. The molecule has 0 spiro atoms. The summed E-state index contributed by atoms with van der Waals surface area (Å²) in [7, 11) is 0. The standard InChI is InChI=1S/C19H28O/c1-6-8-9-10-11-16-15-17(19(3,4)5)12-13-18(16)20-14-7-2/h12-13,15H,6-7,10-11,14H2,1-5H3. The van der Waals surface area contributed by atoms with Crippen molar-refractivity contribution in [2.45, 2.75) is 65.7 Å². The largest absolute Gasteiger partial charge is 0.493 e. The lowest BCUT2D eigenvalue weighted by Crippen LogP contribution is -2.12. The molecule has 1 heteroatoms. The number of aryl methyl sites for hydroxylation is 1. The highest BCUT2D eigenvalue weighted by atomic mass is 16.5. The molecule has 0 aliphatic heterocycles. The molecule has 0 aliphatic rings.